The molecular formula is C68H133N2O6P. The summed E-state index contributed by atoms with van der Waals surface area (Å²) >= 11 is 0. The smallest absolute Gasteiger partial charge is 0.268 e. The van der Waals surface area contributed by atoms with Gasteiger partial charge < -0.3 is 28.8 Å². The number of nitrogens with zero attached hydrogens (tertiary/aromatic N) is 1. The highest BCUT2D eigenvalue weighted by Gasteiger charge is 2.23. The van der Waals surface area contributed by atoms with Crippen molar-refractivity contribution >= 4 is 13.7 Å². The van der Waals surface area contributed by atoms with Gasteiger partial charge in [-0.05, 0) is 51.4 Å². The molecule has 8 nitrogen and oxygen atoms in total. The Hall–Kier alpha value is -1.28. The van der Waals surface area contributed by atoms with Crippen LogP contribution in [0.15, 0.2) is 36.5 Å². The number of rotatable bonds is 63. The van der Waals surface area contributed by atoms with Crippen molar-refractivity contribution in [3.05, 3.63) is 36.5 Å². The van der Waals surface area contributed by atoms with Crippen LogP contribution in [-0.4, -0.2) is 68.5 Å². The van der Waals surface area contributed by atoms with Crippen LogP contribution in [0.3, 0.4) is 0 Å². The van der Waals surface area contributed by atoms with E-state index in [-0.39, 0.29) is 19.1 Å². The minimum Gasteiger partial charge on any atom is -0.756 e. The second-order valence-electron chi connectivity index (χ2n) is 24.5. The Labute approximate surface area is 480 Å². The molecule has 9 heteroatoms. The maximum atomic E-state index is 13.0. The van der Waals surface area contributed by atoms with E-state index in [4.69, 9.17) is 9.05 Å². The Morgan fingerprint density at radius 1 is 0.455 bits per heavy atom. The Kier molecular flexibility index (Phi) is 58.4. The van der Waals surface area contributed by atoms with Crippen LogP contribution in [-0.2, 0) is 18.4 Å². The van der Waals surface area contributed by atoms with Crippen LogP contribution in [0.5, 0.6) is 0 Å². The molecule has 3 unspecified atom stereocenters. The van der Waals surface area contributed by atoms with Crippen molar-refractivity contribution in [2.45, 2.75) is 353 Å². The molecule has 3 atom stereocenters. The van der Waals surface area contributed by atoms with Gasteiger partial charge >= 0.3 is 0 Å². The Morgan fingerprint density at radius 2 is 0.753 bits per heavy atom. The van der Waals surface area contributed by atoms with Gasteiger partial charge in [-0.1, -0.05) is 320 Å². The number of aliphatic hydroxyl groups is 1. The summed E-state index contributed by atoms with van der Waals surface area (Å²) in [4.78, 5) is 25.6. The lowest BCUT2D eigenvalue weighted by Crippen LogP contribution is -2.45. The molecule has 0 aliphatic heterocycles. The largest absolute Gasteiger partial charge is 0.756 e. The van der Waals surface area contributed by atoms with Crippen LogP contribution < -0.4 is 10.2 Å². The van der Waals surface area contributed by atoms with Crippen LogP contribution in [0.25, 0.3) is 0 Å². The molecule has 0 saturated carbocycles. The molecule has 0 aromatic carbocycles. The first-order chi connectivity index (χ1) is 37.5. The predicted octanol–water partition coefficient (Wildman–Crippen LogP) is 20.6. The number of likely N-dealkylation sites (N-methyl/N-ethyl adjacent to an activating group) is 1. The van der Waals surface area contributed by atoms with Crippen LogP contribution in [0, 0.1) is 0 Å². The van der Waals surface area contributed by atoms with E-state index in [1.165, 1.54) is 276 Å². The third-order valence-corrected chi connectivity index (χ3v) is 16.6. The third kappa shape index (κ3) is 62.2. The number of phosphoric ester groups is 1. The monoisotopic (exact) mass is 1100 g/mol. The number of nitrogens with one attached hydrogen (secondary N) is 1. The van der Waals surface area contributed by atoms with Crippen LogP contribution >= 0.6 is 7.82 Å². The summed E-state index contributed by atoms with van der Waals surface area (Å²) in [6, 6.07) is -0.888. The fourth-order valence-electron chi connectivity index (χ4n) is 10.3. The number of hydrogen-bond donors (Lipinski definition) is 2. The molecule has 0 saturated heterocycles. The van der Waals surface area contributed by atoms with Gasteiger partial charge in [0.1, 0.15) is 13.2 Å². The zero-order chi connectivity index (χ0) is 56.3. The maximum absolute atomic E-state index is 13.0. The molecule has 456 valence electrons. The zero-order valence-corrected chi connectivity index (χ0v) is 53.1. The Morgan fingerprint density at radius 3 is 1.08 bits per heavy atom. The number of hydrogen-bond acceptors (Lipinski definition) is 6. The van der Waals surface area contributed by atoms with E-state index in [0.29, 0.717) is 17.4 Å². The summed E-state index contributed by atoms with van der Waals surface area (Å²) < 4.78 is 23.4. The molecule has 1 amide bonds. The zero-order valence-electron chi connectivity index (χ0n) is 52.2. The quantitative estimate of drug-likeness (QED) is 0.0272. The van der Waals surface area contributed by atoms with Gasteiger partial charge in [0.2, 0.25) is 5.91 Å². The minimum atomic E-state index is -4.60. The summed E-state index contributed by atoms with van der Waals surface area (Å²) in [6.07, 6.45) is 78.2. The van der Waals surface area contributed by atoms with Crippen molar-refractivity contribution in [3.8, 4) is 0 Å². The van der Waals surface area contributed by atoms with E-state index in [1.807, 2.05) is 27.2 Å². The number of aliphatic hydroxyl groups excluding tert-OH is 1. The number of quaternary nitrogens is 1. The van der Waals surface area contributed by atoms with Crippen LogP contribution in [0.4, 0.5) is 0 Å². The minimum absolute atomic E-state index is 0.00000150. The van der Waals surface area contributed by atoms with Gasteiger partial charge in [0, 0.05) is 6.42 Å². The molecule has 0 spiro atoms. The van der Waals surface area contributed by atoms with Gasteiger partial charge in [0.15, 0.2) is 0 Å². The first-order valence-electron chi connectivity index (χ1n) is 33.9. The maximum Gasteiger partial charge on any atom is 0.268 e. The second-order valence-corrected chi connectivity index (χ2v) is 25.9. The first-order valence-corrected chi connectivity index (χ1v) is 35.3. The van der Waals surface area contributed by atoms with Crippen molar-refractivity contribution in [1.29, 1.82) is 0 Å². The van der Waals surface area contributed by atoms with E-state index >= 15 is 0 Å². The molecule has 2 N–H and O–H groups in total. The lowest BCUT2D eigenvalue weighted by Gasteiger charge is -2.29. The summed E-state index contributed by atoms with van der Waals surface area (Å²) in [5, 5.41) is 14.0. The number of allylic oxidation sites excluding steroid dienone is 5. The standard InChI is InChI=1S/C68H133N2O6P/c1-6-8-10-12-14-16-18-20-22-24-26-28-30-32-33-34-35-36-38-39-41-43-45-47-49-51-53-55-57-59-61-67(71)66(65-76-77(73,74)75-64-63-70(3,4)5)69-68(72)62-60-58-56-54-52-50-48-46-44-42-40-37-31-29-27-25-23-21-19-17-15-13-11-9-7-2/h19,21,25,27,59,61,66-67,71H,6-18,20,22-24,26,28-58,60,62-65H2,1-5H3,(H-,69,72,73,74)/b21-19-,27-25-,61-59+. The average Bonchev–Trinajstić information content (AvgIpc) is 3.39. The first kappa shape index (κ1) is 75.7. The number of unbranched alkanes of at least 4 members (excludes halogenated alkanes) is 46. The van der Waals surface area contributed by atoms with Crippen LogP contribution in [0.1, 0.15) is 341 Å². The molecule has 0 bridgehead atoms. The SMILES string of the molecule is CCCCCCC/C=C\C/C=C\CCCCCCCCCCCCCCCC(=O)NC(COP(=O)([O-])OCC[N+](C)(C)C)C(O)/C=C/CCCCCCCCCCCCCCCCCCCCCCCCCCCCCC. The van der Waals surface area contributed by atoms with Crippen molar-refractivity contribution in [3.63, 3.8) is 0 Å². The molecule has 0 aromatic rings. The van der Waals surface area contributed by atoms with E-state index in [1.54, 1.807) is 6.08 Å². The molecule has 0 aliphatic rings. The molecule has 77 heavy (non-hydrogen) atoms. The topological polar surface area (TPSA) is 108 Å². The normalized spacial score (nSPS) is 13.9. The van der Waals surface area contributed by atoms with Crippen molar-refractivity contribution in [2.75, 3.05) is 40.9 Å². The highest BCUT2D eigenvalue weighted by atomic mass is 31.2. The Bertz CT molecular complexity index is 1350. The lowest BCUT2D eigenvalue weighted by molar-refractivity contribution is -0.870. The average molecular weight is 1110 g/mol. The summed E-state index contributed by atoms with van der Waals surface area (Å²) in [5.74, 6) is -0.193. The third-order valence-electron chi connectivity index (χ3n) is 15.6. The lowest BCUT2D eigenvalue weighted by atomic mass is 10.0. The second kappa shape index (κ2) is 59.3. The molecule has 0 aromatic heterocycles. The molecular weight excluding hydrogens is 972 g/mol. The highest BCUT2D eigenvalue weighted by molar-refractivity contribution is 7.45. The highest BCUT2D eigenvalue weighted by Crippen LogP contribution is 2.38. The van der Waals surface area contributed by atoms with Crippen molar-refractivity contribution in [2.24, 2.45) is 0 Å². The molecule has 0 rings (SSSR count). The molecule has 0 radical (unpaired) electrons. The number of carbonyl (C=O) groups excluding carboxylic acids is 1. The van der Waals surface area contributed by atoms with Crippen molar-refractivity contribution in [1.82, 2.24) is 5.32 Å². The fourth-order valence-corrected chi connectivity index (χ4v) is 11.0. The fraction of sp³-hybridized carbons (Fsp3) is 0.897. The van der Waals surface area contributed by atoms with Gasteiger partial charge in [-0.25, -0.2) is 0 Å². The van der Waals surface area contributed by atoms with Gasteiger partial charge in [-0.3, -0.25) is 9.36 Å². The number of phosphoric acid groups is 1. The van der Waals surface area contributed by atoms with Gasteiger partial charge in [0.05, 0.1) is 39.9 Å². The predicted molar refractivity (Wildman–Crippen MR) is 335 cm³/mol. The molecule has 0 fully saturated rings. The van der Waals surface area contributed by atoms with E-state index in [2.05, 4.69) is 43.5 Å². The van der Waals surface area contributed by atoms with Gasteiger partial charge in [-0.2, -0.15) is 0 Å². The van der Waals surface area contributed by atoms with Gasteiger partial charge in [0.25, 0.3) is 7.82 Å². The van der Waals surface area contributed by atoms with E-state index < -0.39 is 20.0 Å². The van der Waals surface area contributed by atoms with Crippen molar-refractivity contribution < 1.29 is 32.9 Å². The van der Waals surface area contributed by atoms with Gasteiger partial charge in [-0.15, -0.1) is 0 Å². The van der Waals surface area contributed by atoms with Crippen LogP contribution in [0.2, 0.25) is 0 Å². The molecule has 0 heterocycles. The molecule has 0 aliphatic carbocycles. The van der Waals surface area contributed by atoms with E-state index in [0.717, 1.165) is 44.9 Å². The number of carbonyl (C=O) groups is 1. The summed E-state index contributed by atoms with van der Waals surface area (Å²) in [5.41, 5.74) is 0. The number of amides is 1. The Balaban J connectivity index is 4.08. The summed E-state index contributed by atoms with van der Waals surface area (Å²) in [6.45, 7) is 4.69. The van der Waals surface area contributed by atoms with E-state index in [9.17, 15) is 19.4 Å². The summed E-state index contributed by atoms with van der Waals surface area (Å²) in [7, 11) is 1.27.